The number of aliphatic carboxylic acids is 1. The highest BCUT2D eigenvalue weighted by molar-refractivity contribution is 6.30. The van der Waals surface area contributed by atoms with Crippen LogP contribution in [0.2, 0.25) is 5.02 Å². The average Bonchev–Trinajstić information content (AvgIpc) is 3.51. The van der Waals surface area contributed by atoms with Crippen LogP contribution in [-0.4, -0.2) is 61.6 Å². The molecule has 0 aliphatic carbocycles. The molecule has 1 aromatic heterocycles. The number of halogens is 2. The van der Waals surface area contributed by atoms with Gasteiger partial charge in [0.2, 0.25) is 11.8 Å². The average molecular weight is 606 g/mol. The van der Waals surface area contributed by atoms with Gasteiger partial charge in [-0.25, -0.2) is 4.39 Å². The van der Waals surface area contributed by atoms with Crippen LogP contribution in [0.5, 0.6) is 0 Å². The number of nitrogens with one attached hydrogen (secondary N) is 3. The molecule has 14 heteroatoms. The molecule has 220 valence electrons. The largest absolute Gasteiger partial charge is 0.481 e. The number of carbonyl (C=O) groups is 4. The molecule has 0 aliphatic heterocycles. The number of aromatic nitrogens is 4. The summed E-state index contributed by atoms with van der Waals surface area (Å²) in [7, 11) is 0. The molecule has 0 radical (unpaired) electrons. The molecular weight excluding hydrogens is 581 g/mol. The first-order valence-corrected chi connectivity index (χ1v) is 13.2. The first-order chi connectivity index (χ1) is 20.7. The lowest BCUT2D eigenvalue weighted by molar-refractivity contribution is -0.136. The van der Waals surface area contributed by atoms with Crippen LogP contribution < -0.4 is 16.0 Å². The van der Waals surface area contributed by atoms with E-state index in [4.69, 9.17) is 16.7 Å². The number of hydrogen-bond donors (Lipinski definition) is 4. The highest BCUT2D eigenvalue weighted by Crippen LogP contribution is 2.20. The first kappa shape index (κ1) is 30.5. The fourth-order valence-electron chi connectivity index (χ4n) is 3.97. The molecule has 0 aliphatic rings. The molecule has 0 saturated heterocycles. The number of carboxylic acids is 1. The van der Waals surface area contributed by atoms with Crippen LogP contribution in [0, 0.1) is 5.82 Å². The van der Waals surface area contributed by atoms with Crippen molar-refractivity contribution in [2.45, 2.75) is 18.9 Å². The van der Waals surface area contributed by atoms with Crippen molar-refractivity contribution < 1.29 is 28.7 Å². The molecule has 0 bridgehead atoms. The number of carbonyl (C=O) groups excluding carboxylic acids is 3. The lowest BCUT2D eigenvalue weighted by Gasteiger charge is -2.18. The molecule has 1 unspecified atom stereocenters. The van der Waals surface area contributed by atoms with E-state index < -0.39 is 35.5 Å². The number of benzene rings is 3. The summed E-state index contributed by atoms with van der Waals surface area (Å²) in [6.07, 6.45) is 3.95. The van der Waals surface area contributed by atoms with Crippen molar-refractivity contribution in [1.29, 1.82) is 0 Å². The van der Waals surface area contributed by atoms with Crippen LogP contribution in [0.4, 0.5) is 10.1 Å². The van der Waals surface area contributed by atoms with Gasteiger partial charge in [0.25, 0.3) is 5.91 Å². The molecule has 0 spiro atoms. The Hall–Kier alpha value is -5.43. The van der Waals surface area contributed by atoms with E-state index in [1.165, 1.54) is 35.3 Å². The van der Waals surface area contributed by atoms with E-state index in [-0.39, 0.29) is 30.6 Å². The van der Waals surface area contributed by atoms with Crippen molar-refractivity contribution >= 4 is 47.1 Å². The number of anilines is 1. The van der Waals surface area contributed by atoms with E-state index in [0.717, 1.165) is 11.6 Å². The lowest BCUT2D eigenvalue weighted by atomic mass is 10.0. The van der Waals surface area contributed by atoms with Gasteiger partial charge < -0.3 is 21.1 Å². The Kier molecular flexibility index (Phi) is 10.3. The van der Waals surface area contributed by atoms with E-state index in [0.29, 0.717) is 16.3 Å². The summed E-state index contributed by atoms with van der Waals surface area (Å²) in [5, 5.41) is 27.8. The van der Waals surface area contributed by atoms with Crippen molar-refractivity contribution in [2.75, 3.05) is 11.9 Å². The van der Waals surface area contributed by atoms with E-state index in [2.05, 4.69) is 31.5 Å². The molecule has 3 aromatic carbocycles. The molecule has 4 aromatic rings. The zero-order valence-corrected chi connectivity index (χ0v) is 23.2. The number of nitrogens with zero attached hydrogens (tertiary/aromatic N) is 4. The zero-order chi connectivity index (χ0) is 30.8. The van der Waals surface area contributed by atoms with Crippen LogP contribution >= 0.6 is 11.6 Å². The van der Waals surface area contributed by atoms with Crippen molar-refractivity contribution in [1.82, 2.24) is 30.8 Å². The lowest BCUT2D eigenvalue weighted by Crippen LogP contribution is -2.44. The van der Waals surface area contributed by atoms with Crippen LogP contribution in [-0.2, 0) is 20.8 Å². The quantitative estimate of drug-likeness (QED) is 0.179. The normalized spacial score (nSPS) is 11.6. The minimum absolute atomic E-state index is 0.0532. The Morgan fingerprint density at radius 2 is 1.84 bits per heavy atom. The highest BCUT2D eigenvalue weighted by atomic mass is 35.5. The topological polar surface area (TPSA) is 168 Å². The summed E-state index contributed by atoms with van der Waals surface area (Å²) in [6.45, 7) is -0.169. The van der Waals surface area contributed by atoms with Gasteiger partial charge in [0, 0.05) is 35.3 Å². The van der Waals surface area contributed by atoms with Crippen molar-refractivity contribution in [3.63, 3.8) is 0 Å². The minimum Gasteiger partial charge on any atom is -0.481 e. The van der Waals surface area contributed by atoms with Crippen LogP contribution in [0.3, 0.4) is 0 Å². The number of carboxylic acid groups (broad SMARTS) is 1. The summed E-state index contributed by atoms with van der Waals surface area (Å²) < 4.78 is 16.1. The monoisotopic (exact) mass is 605 g/mol. The molecule has 1 atom stereocenters. The van der Waals surface area contributed by atoms with Gasteiger partial charge in [0.05, 0.1) is 17.7 Å². The number of rotatable bonds is 12. The van der Waals surface area contributed by atoms with Crippen molar-refractivity contribution in [3.05, 3.63) is 107 Å². The van der Waals surface area contributed by atoms with Gasteiger partial charge in [-0.3, -0.25) is 19.2 Å². The van der Waals surface area contributed by atoms with E-state index in [9.17, 15) is 23.6 Å². The molecule has 12 nitrogen and oxygen atoms in total. The molecule has 4 rings (SSSR count). The Labute approximate surface area is 249 Å². The molecule has 0 saturated carbocycles. The van der Waals surface area contributed by atoms with E-state index in [1.54, 1.807) is 42.5 Å². The van der Waals surface area contributed by atoms with Crippen molar-refractivity contribution in [2.24, 2.45) is 0 Å². The van der Waals surface area contributed by atoms with Gasteiger partial charge in [-0.05, 0) is 58.5 Å². The van der Waals surface area contributed by atoms with E-state index >= 15 is 0 Å². The summed E-state index contributed by atoms with van der Waals surface area (Å²) in [4.78, 5) is 49.0. The van der Waals surface area contributed by atoms with Gasteiger partial charge in [0.15, 0.2) is 0 Å². The third-order valence-corrected chi connectivity index (χ3v) is 6.26. The van der Waals surface area contributed by atoms with Crippen LogP contribution in [0.25, 0.3) is 11.8 Å². The second-order valence-corrected chi connectivity index (χ2v) is 9.56. The maximum Gasteiger partial charge on any atom is 0.305 e. The SMILES string of the molecule is O=C(O)CCNC(=O)c1ccc(NC(=O)C(Cc2ccccc2)NC(=O)C=Cc2cc(Cl)ccc2-n2cnnn2)cc1F. The number of amides is 3. The molecule has 0 fully saturated rings. The Balaban J connectivity index is 1.48. The maximum atomic E-state index is 14.7. The highest BCUT2D eigenvalue weighted by Gasteiger charge is 2.22. The van der Waals surface area contributed by atoms with Crippen molar-refractivity contribution in [3.8, 4) is 5.69 Å². The van der Waals surface area contributed by atoms with Gasteiger partial charge in [0.1, 0.15) is 18.2 Å². The Morgan fingerprint density at radius 1 is 1.05 bits per heavy atom. The summed E-state index contributed by atoms with van der Waals surface area (Å²) in [5.41, 5.74) is 1.61. The number of tetrazole rings is 1. The smallest absolute Gasteiger partial charge is 0.305 e. The Bertz CT molecular complexity index is 1650. The second kappa shape index (κ2) is 14.5. The summed E-state index contributed by atoms with van der Waals surface area (Å²) in [6, 6.07) is 16.4. The zero-order valence-electron chi connectivity index (χ0n) is 22.4. The fraction of sp³-hybridized carbons (Fsp3) is 0.138. The summed E-state index contributed by atoms with van der Waals surface area (Å²) in [5.74, 6) is -4.03. The van der Waals surface area contributed by atoms with E-state index in [1.807, 2.05) is 6.07 Å². The number of hydrogen-bond acceptors (Lipinski definition) is 7. The van der Waals surface area contributed by atoms with Gasteiger partial charge >= 0.3 is 5.97 Å². The molecule has 43 heavy (non-hydrogen) atoms. The minimum atomic E-state index is -1.11. The maximum absolute atomic E-state index is 14.7. The Morgan fingerprint density at radius 3 is 2.53 bits per heavy atom. The van der Waals surface area contributed by atoms with Crippen LogP contribution in [0.15, 0.2) is 79.1 Å². The first-order valence-electron chi connectivity index (χ1n) is 12.9. The fourth-order valence-corrected chi connectivity index (χ4v) is 4.15. The summed E-state index contributed by atoms with van der Waals surface area (Å²) >= 11 is 6.14. The predicted octanol–water partition coefficient (Wildman–Crippen LogP) is 3.04. The second-order valence-electron chi connectivity index (χ2n) is 9.13. The molecular formula is C29H25ClFN7O5. The van der Waals surface area contributed by atoms with Gasteiger partial charge in [-0.1, -0.05) is 41.9 Å². The van der Waals surface area contributed by atoms with Gasteiger partial charge in [-0.2, -0.15) is 4.68 Å². The third-order valence-electron chi connectivity index (χ3n) is 6.02. The standard InChI is InChI=1S/C29H25ClFN7O5/c30-20-7-10-25(38-17-33-36-37-38)19(15-20)6-11-26(39)35-24(14-18-4-2-1-3-5-18)29(43)34-21-8-9-22(23(31)16-21)28(42)32-13-12-27(40)41/h1-11,15-17,24H,12-14H2,(H,32,42)(H,34,43)(H,35,39)(H,40,41). The van der Waals surface area contributed by atoms with Gasteiger partial charge in [-0.15, -0.1) is 5.10 Å². The molecule has 4 N–H and O–H groups in total. The van der Waals surface area contributed by atoms with Crippen LogP contribution in [0.1, 0.15) is 27.9 Å². The third kappa shape index (κ3) is 8.78. The molecule has 1 heterocycles. The molecule has 3 amide bonds. The predicted molar refractivity (Wildman–Crippen MR) is 155 cm³/mol.